The average Bonchev–Trinajstić information content (AvgIpc) is 2.44. The number of carboxylic acid groups (broad SMARTS) is 1. The predicted octanol–water partition coefficient (Wildman–Crippen LogP) is 5.49. The third-order valence-electron chi connectivity index (χ3n) is 5.77. The highest BCUT2D eigenvalue weighted by molar-refractivity contribution is 6.05. The van der Waals surface area contributed by atoms with Crippen LogP contribution in [-0.4, -0.2) is 16.9 Å². The lowest BCUT2D eigenvalue weighted by Crippen LogP contribution is -2.50. The summed E-state index contributed by atoms with van der Waals surface area (Å²) in [5.74, 6) is -1.47. The van der Waals surface area contributed by atoms with E-state index in [1.807, 2.05) is 53.7 Å². The zero-order chi connectivity index (χ0) is 19.0. The number of Topliss-reactive ketones (excluding diaryl/α,β-unsaturated/α-hetero) is 1. The Bertz CT molecular complexity index is 650. The molecular formula is C22H32O3. The second-order valence-corrected chi connectivity index (χ2v) is 8.96. The van der Waals surface area contributed by atoms with Gasteiger partial charge in [-0.1, -0.05) is 57.7 Å². The van der Waals surface area contributed by atoms with Crippen LogP contribution in [0.2, 0.25) is 0 Å². The SMILES string of the molecule is Cc1cc(C)c(C(=O)C2(C(C(=O)O)C(C)(C)C)CCCCC2)c(C)c1. The lowest BCUT2D eigenvalue weighted by Gasteiger charge is -2.46. The van der Waals surface area contributed by atoms with Gasteiger partial charge in [0.15, 0.2) is 5.78 Å². The van der Waals surface area contributed by atoms with Crippen molar-refractivity contribution in [3.05, 3.63) is 34.4 Å². The molecule has 138 valence electrons. The summed E-state index contributed by atoms with van der Waals surface area (Å²) in [7, 11) is 0. The first-order valence-corrected chi connectivity index (χ1v) is 9.36. The maximum Gasteiger partial charge on any atom is 0.308 e. The average molecular weight is 344 g/mol. The van der Waals surface area contributed by atoms with E-state index < -0.39 is 22.7 Å². The number of hydrogen-bond acceptors (Lipinski definition) is 2. The molecule has 0 bridgehead atoms. The van der Waals surface area contributed by atoms with Crippen molar-refractivity contribution in [2.45, 2.75) is 73.6 Å². The number of ketones is 1. The van der Waals surface area contributed by atoms with Crippen molar-refractivity contribution in [2.24, 2.45) is 16.7 Å². The minimum absolute atomic E-state index is 0.0459. The van der Waals surface area contributed by atoms with Crippen LogP contribution in [0, 0.1) is 37.5 Å². The number of carbonyl (C=O) groups is 2. The van der Waals surface area contributed by atoms with E-state index >= 15 is 0 Å². The third kappa shape index (κ3) is 3.65. The van der Waals surface area contributed by atoms with E-state index in [0.29, 0.717) is 12.8 Å². The Morgan fingerprint density at radius 2 is 1.48 bits per heavy atom. The van der Waals surface area contributed by atoms with Crippen LogP contribution in [0.3, 0.4) is 0 Å². The highest BCUT2D eigenvalue weighted by Crippen LogP contribution is 2.52. The molecular weight excluding hydrogens is 312 g/mol. The van der Waals surface area contributed by atoms with Crippen LogP contribution in [0.1, 0.15) is 79.9 Å². The van der Waals surface area contributed by atoms with Gasteiger partial charge in [0.05, 0.1) is 5.92 Å². The summed E-state index contributed by atoms with van der Waals surface area (Å²) >= 11 is 0. The molecule has 3 heteroatoms. The van der Waals surface area contributed by atoms with Crippen molar-refractivity contribution in [1.29, 1.82) is 0 Å². The topological polar surface area (TPSA) is 54.4 Å². The van der Waals surface area contributed by atoms with Crippen molar-refractivity contribution < 1.29 is 14.7 Å². The Morgan fingerprint density at radius 1 is 1.00 bits per heavy atom. The van der Waals surface area contributed by atoms with Crippen molar-refractivity contribution in [2.75, 3.05) is 0 Å². The zero-order valence-corrected chi connectivity index (χ0v) is 16.5. The van der Waals surface area contributed by atoms with Crippen LogP contribution in [0.15, 0.2) is 12.1 Å². The smallest absolute Gasteiger partial charge is 0.308 e. The van der Waals surface area contributed by atoms with Crippen molar-refractivity contribution in [3.63, 3.8) is 0 Å². The summed E-state index contributed by atoms with van der Waals surface area (Å²) in [5.41, 5.74) is 2.53. The van der Waals surface area contributed by atoms with E-state index in [1.165, 1.54) is 0 Å². The van der Waals surface area contributed by atoms with Gasteiger partial charge in [0.1, 0.15) is 0 Å². The summed E-state index contributed by atoms with van der Waals surface area (Å²) < 4.78 is 0. The van der Waals surface area contributed by atoms with Gasteiger partial charge in [0.25, 0.3) is 0 Å². The predicted molar refractivity (Wildman–Crippen MR) is 101 cm³/mol. The molecule has 3 nitrogen and oxygen atoms in total. The number of benzene rings is 1. The second kappa shape index (κ2) is 6.93. The maximum atomic E-state index is 13.8. The van der Waals surface area contributed by atoms with Gasteiger partial charge >= 0.3 is 5.97 Å². The number of aryl methyl sites for hydroxylation is 3. The molecule has 1 fully saturated rings. The van der Waals surface area contributed by atoms with Crippen molar-refractivity contribution >= 4 is 11.8 Å². The highest BCUT2D eigenvalue weighted by atomic mass is 16.4. The van der Waals surface area contributed by atoms with E-state index in [1.54, 1.807) is 0 Å². The molecule has 0 aliphatic heterocycles. The molecule has 2 rings (SSSR count). The van der Waals surface area contributed by atoms with Crippen LogP contribution in [-0.2, 0) is 4.79 Å². The highest BCUT2D eigenvalue weighted by Gasteiger charge is 2.54. The molecule has 0 saturated heterocycles. The summed E-state index contributed by atoms with van der Waals surface area (Å²) in [5, 5.41) is 10.1. The van der Waals surface area contributed by atoms with Gasteiger partial charge in [-0.25, -0.2) is 0 Å². The molecule has 1 aliphatic carbocycles. The molecule has 1 aromatic rings. The molecule has 0 radical (unpaired) electrons. The molecule has 1 N–H and O–H groups in total. The van der Waals surface area contributed by atoms with Crippen molar-refractivity contribution in [1.82, 2.24) is 0 Å². The Balaban J connectivity index is 2.65. The van der Waals surface area contributed by atoms with Gasteiger partial charge in [-0.05, 0) is 50.2 Å². The summed E-state index contributed by atoms with van der Waals surface area (Å²) in [6, 6.07) is 4.06. The Morgan fingerprint density at radius 3 is 1.88 bits per heavy atom. The van der Waals surface area contributed by atoms with Crippen LogP contribution >= 0.6 is 0 Å². The van der Waals surface area contributed by atoms with Gasteiger partial charge in [0.2, 0.25) is 0 Å². The largest absolute Gasteiger partial charge is 0.481 e. The molecule has 0 spiro atoms. The third-order valence-corrected chi connectivity index (χ3v) is 5.77. The molecule has 1 aromatic carbocycles. The molecule has 1 aliphatic rings. The van der Waals surface area contributed by atoms with E-state index in [9.17, 15) is 14.7 Å². The van der Waals surface area contributed by atoms with Crippen LogP contribution < -0.4 is 0 Å². The molecule has 1 unspecified atom stereocenters. The van der Waals surface area contributed by atoms with Crippen LogP contribution in [0.4, 0.5) is 0 Å². The van der Waals surface area contributed by atoms with E-state index in [0.717, 1.165) is 41.5 Å². The number of carboxylic acids is 1. The Hall–Kier alpha value is -1.64. The first kappa shape index (κ1) is 19.7. The van der Waals surface area contributed by atoms with Gasteiger partial charge in [0, 0.05) is 11.0 Å². The van der Waals surface area contributed by atoms with E-state index in [2.05, 4.69) is 0 Å². The molecule has 0 amide bonds. The van der Waals surface area contributed by atoms with Gasteiger partial charge in [-0.2, -0.15) is 0 Å². The van der Waals surface area contributed by atoms with E-state index in [4.69, 9.17) is 0 Å². The first-order chi connectivity index (χ1) is 11.5. The fraction of sp³-hybridized carbons (Fsp3) is 0.636. The standard InChI is InChI=1S/C22H32O3/c1-14-12-15(2)17(16(3)13-14)19(23)22(10-8-7-9-11-22)18(20(24)25)21(4,5)6/h12-13,18H,7-11H2,1-6H3,(H,24,25). The molecule has 25 heavy (non-hydrogen) atoms. The first-order valence-electron chi connectivity index (χ1n) is 9.36. The number of rotatable bonds is 4. The number of aliphatic carboxylic acids is 1. The van der Waals surface area contributed by atoms with Gasteiger partial charge in [-0.3, -0.25) is 9.59 Å². The Labute approximate surface area is 151 Å². The zero-order valence-electron chi connectivity index (χ0n) is 16.5. The number of hydrogen-bond donors (Lipinski definition) is 1. The monoisotopic (exact) mass is 344 g/mol. The van der Waals surface area contributed by atoms with E-state index in [-0.39, 0.29) is 5.78 Å². The normalized spacial score (nSPS) is 18.6. The van der Waals surface area contributed by atoms with Gasteiger partial charge < -0.3 is 5.11 Å². The fourth-order valence-corrected chi connectivity index (χ4v) is 5.05. The summed E-state index contributed by atoms with van der Waals surface area (Å²) in [4.78, 5) is 26.1. The molecule has 1 saturated carbocycles. The fourth-order valence-electron chi connectivity index (χ4n) is 5.05. The van der Waals surface area contributed by atoms with Crippen LogP contribution in [0.5, 0.6) is 0 Å². The second-order valence-electron chi connectivity index (χ2n) is 8.96. The Kier molecular flexibility index (Phi) is 5.46. The van der Waals surface area contributed by atoms with Gasteiger partial charge in [-0.15, -0.1) is 0 Å². The van der Waals surface area contributed by atoms with Crippen molar-refractivity contribution in [3.8, 4) is 0 Å². The minimum atomic E-state index is -0.842. The molecule has 0 aromatic heterocycles. The molecule has 0 heterocycles. The molecule has 1 atom stereocenters. The van der Waals surface area contributed by atoms with Crippen LogP contribution in [0.25, 0.3) is 0 Å². The lowest BCUT2D eigenvalue weighted by molar-refractivity contribution is -0.152. The number of carbonyl (C=O) groups excluding carboxylic acids is 1. The maximum absolute atomic E-state index is 13.8. The summed E-state index contributed by atoms with van der Waals surface area (Å²) in [6.07, 6.45) is 4.28. The minimum Gasteiger partial charge on any atom is -0.481 e. The lowest BCUT2D eigenvalue weighted by atomic mass is 9.55. The summed E-state index contributed by atoms with van der Waals surface area (Å²) in [6.45, 7) is 11.8. The quantitative estimate of drug-likeness (QED) is 0.735.